The molecular formula is C15H14F3NO. The van der Waals surface area contributed by atoms with Crippen molar-refractivity contribution in [1.29, 1.82) is 0 Å². The van der Waals surface area contributed by atoms with Gasteiger partial charge in [0.25, 0.3) is 0 Å². The van der Waals surface area contributed by atoms with Crippen LogP contribution in [0, 0.1) is 17.5 Å². The van der Waals surface area contributed by atoms with Crippen molar-refractivity contribution >= 4 is 0 Å². The molecule has 2 rings (SSSR count). The summed E-state index contributed by atoms with van der Waals surface area (Å²) in [6.45, 7) is 0. The van der Waals surface area contributed by atoms with Crippen molar-refractivity contribution in [1.82, 2.24) is 0 Å². The molecule has 0 radical (unpaired) electrons. The number of nitrogens with two attached hydrogens (primary N) is 1. The number of halogens is 3. The summed E-state index contributed by atoms with van der Waals surface area (Å²) >= 11 is 0. The first kappa shape index (κ1) is 14.4. The standard InChI is InChI=1S/C15H14F3NO/c1-20-14-4-2-3-9(15(14)18)7-13(19)10-5-11(16)8-12(17)6-10/h2-6,8,13H,7,19H2,1H3. The van der Waals surface area contributed by atoms with Crippen molar-refractivity contribution in [2.24, 2.45) is 5.73 Å². The van der Waals surface area contributed by atoms with Crippen LogP contribution in [0.5, 0.6) is 5.75 Å². The third kappa shape index (κ3) is 3.11. The van der Waals surface area contributed by atoms with E-state index >= 15 is 0 Å². The largest absolute Gasteiger partial charge is 0.494 e. The zero-order chi connectivity index (χ0) is 14.7. The minimum Gasteiger partial charge on any atom is -0.494 e. The highest BCUT2D eigenvalue weighted by Crippen LogP contribution is 2.24. The molecule has 2 aromatic carbocycles. The molecule has 2 nitrogen and oxygen atoms in total. The van der Waals surface area contributed by atoms with Crippen LogP contribution in [-0.4, -0.2) is 7.11 Å². The first-order valence-electron chi connectivity index (χ1n) is 6.04. The molecular weight excluding hydrogens is 267 g/mol. The minimum absolute atomic E-state index is 0.111. The van der Waals surface area contributed by atoms with E-state index in [1.165, 1.54) is 13.2 Å². The number of hydrogen-bond acceptors (Lipinski definition) is 2. The van der Waals surface area contributed by atoms with E-state index in [4.69, 9.17) is 10.5 Å². The van der Waals surface area contributed by atoms with Gasteiger partial charge in [0.15, 0.2) is 11.6 Å². The Kier molecular flexibility index (Phi) is 4.29. The summed E-state index contributed by atoms with van der Waals surface area (Å²) < 4.78 is 45.1. The van der Waals surface area contributed by atoms with E-state index in [1.54, 1.807) is 12.1 Å². The van der Waals surface area contributed by atoms with E-state index in [-0.39, 0.29) is 17.7 Å². The molecule has 0 saturated heterocycles. The fourth-order valence-corrected chi connectivity index (χ4v) is 2.02. The number of hydrogen-bond donors (Lipinski definition) is 1. The Bertz CT molecular complexity index is 596. The molecule has 1 unspecified atom stereocenters. The Morgan fingerprint density at radius 1 is 1.10 bits per heavy atom. The molecule has 0 spiro atoms. The van der Waals surface area contributed by atoms with Crippen LogP contribution in [0.25, 0.3) is 0 Å². The van der Waals surface area contributed by atoms with Crippen LogP contribution in [0.4, 0.5) is 13.2 Å². The second-order valence-electron chi connectivity index (χ2n) is 4.45. The second kappa shape index (κ2) is 5.96. The lowest BCUT2D eigenvalue weighted by Crippen LogP contribution is -2.15. The van der Waals surface area contributed by atoms with Gasteiger partial charge >= 0.3 is 0 Å². The highest BCUT2D eigenvalue weighted by Gasteiger charge is 2.14. The molecule has 0 fully saturated rings. The first-order chi connectivity index (χ1) is 9.51. The summed E-state index contributed by atoms with van der Waals surface area (Å²) in [5.41, 5.74) is 6.50. The SMILES string of the molecule is COc1cccc(CC(N)c2cc(F)cc(F)c2)c1F. The van der Waals surface area contributed by atoms with Crippen LogP contribution in [0.2, 0.25) is 0 Å². The van der Waals surface area contributed by atoms with Gasteiger partial charge in [0.2, 0.25) is 0 Å². The third-order valence-electron chi connectivity index (χ3n) is 3.02. The Balaban J connectivity index is 2.25. The normalized spacial score (nSPS) is 12.2. The van der Waals surface area contributed by atoms with E-state index in [9.17, 15) is 13.2 Å². The summed E-state index contributed by atoms with van der Waals surface area (Å²) in [6.07, 6.45) is 0.117. The number of methoxy groups -OCH3 is 1. The second-order valence-corrected chi connectivity index (χ2v) is 4.45. The van der Waals surface area contributed by atoms with Crippen molar-refractivity contribution in [3.05, 3.63) is 65.0 Å². The first-order valence-corrected chi connectivity index (χ1v) is 6.04. The maximum absolute atomic E-state index is 14.0. The van der Waals surface area contributed by atoms with E-state index in [0.717, 1.165) is 18.2 Å². The summed E-state index contributed by atoms with van der Waals surface area (Å²) in [5.74, 6) is -1.81. The van der Waals surface area contributed by atoms with Gasteiger partial charge in [-0.15, -0.1) is 0 Å². The smallest absolute Gasteiger partial charge is 0.168 e. The fourth-order valence-electron chi connectivity index (χ4n) is 2.02. The molecule has 0 aliphatic heterocycles. The van der Waals surface area contributed by atoms with Crippen molar-refractivity contribution in [3.63, 3.8) is 0 Å². The molecule has 20 heavy (non-hydrogen) atoms. The number of benzene rings is 2. The number of rotatable bonds is 4. The predicted octanol–water partition coefficient (Wildman–Crippen LogP) is 3.36. The van der Waals surface area contributed by atoms with Crippen LogP contribution in [0.15, 0.2) is 36.4 Å². The predicted molar refractivity (Wildman–Crippen MR) is 69.9 cm³/mol. The fraction of sp³-hybridized carbons (Fsp3) is 0.200. The number of ether oxygens (including phenoxy) is 1. The van der Waals surface area contributed by atoms with E-state index in [1.807, 2.05) is 0 Å². The van der Waals surface area contributed by atoms with Gasteiger partial charge in [-0.05, 0) is 35.7 Å². The molecule has 106 valence electrons. The lowest BCUT2D eigenvalue weighted by Gasteiger charge is -2.14. The van der Waals surface area contributed by atoms with Crippen molar-refractivity contribution in [3.8, 4) is 5.75 Å². The van der Waals surface area contributed by atoms with Gasteiger partial charge in [-0.1, -0.05) is 12.1 Å². The van der Waals surface area contributed by atoms with E-state index in [2.05, 4.69) is 0 Å². The average Bonchev–Trinajstić information content (AvgIpc) is 2.40. The highest BCUT2D eigenvalue weighted by molar-refractivity contribution is 5.33. The monoisotopic (exact) mass is 281 g/mol. The summed E-state index contributed by atoms with van der Waals surface area (Å²) in [4.78, 5) is 0. The van der Waals surface area contributed by atoms with E-state index < -0.39 is 23.5 Å². The average molecular weight is 281 g/mol. The lowest BCUT2D eigenvalue weighted by molar-refractivity contribution is 0.383. The molecule has 0 bridgehead atoms. The zero-order valence-corrected chi connectivity index (χ0v) is 10.9. The molecule has 0 saturated carbocycles. The van der Waals surface area contributed by atoms with E-state index in [0.29, 0.717) is 5.56 Å². The van der Waals surface area contributed by atoms with Crippen molar-refractivity contribution in [2.75, 3.05) is 7.11 Å². The van der Waals surface area contributed by atoms with Crippen LogP contribution in [0.3, 0.4) is 0 Å². The van der Waals surface area contributed by atoms with Gasteiger partial charge in [0.1, 0.15) is 11.6 Å². The van der Waals surface area contributed by atoms with Gasteiger partial charge in [0, 0.05) is 12.1 Å². The summed E-state index contributed by atoms with van der Waals surface area (Å²) in [7, 11) is 1.37. The molecule has 5 heteroatoms. The summed E-state index contributed by atoms with van der Waals surface area (Å²) in [6, 6.07) is 7.04. The maximum atomic E-state index is 14.0. The minimum atomic E-state index is -0.707. The molecule has 0 aliphatic carbocycles. The molecule has 2 N–H and O–H groups in total. The topological polar surface area (TPSA) is 35.2 Å². The molecule has 0 aliphatic rings. The molecule has 0 heterocycles. The quantitative estimate of drug-likeness (QED) is 0.932. The van der Waals surface area contributed by atoms with Crippen LogP contribution in [0.1, 0.15) is 17.2 Å². The molecule has 0 aromatic heterocycles. The van der Waals surface area contributed by atoms with Crippen LogP contribution < -0.4 is 10.5 Å². The Hall–Kier alpha value is -2.01. The highest BCUT2D eigenvalue weighted by atomic mass is 19.1. The van der Waals surface area contributed by atoms with Crippen molar-refractivity contribution < 1.29 is 17.9 Å². The van der Waals surface area contributed by atoms with Crippen molar-refractivity contribution in [2.45, 2.75) is 12.5 Å². The summed E-state index contributed by atoms with van der Waals surface area (Å²) in [5, 5.41) is 0. The molecule has 2 aromatic rings. The molecule has 1 atom stereocenters. The Morgan fingerprint density at radius 3 is 2.35 bits per heavy atom. The Morgan fingerprint density at radius 2 is 1.75 bits per heavy atom. The molecule has 0 amide bonds. The van der Waals surface area contributed by atoms with Crippen LogP contribution >= 0.6 is 0 Å². The maximum Gasteiger partial charge on any atom is 0.168 e. The van der Waals surface area contributed by atoms with Gasteiger partial charge in [-0.3, -0.25) is 0 Å². The third-order valence-corrected chi connectivity index (χ3v) is 3.02. The zero-order valence-electron chi connectivity index (χ0n) is 10.9. The Labute approximate surface area is 115 Å². The lowest BCUT2D eigenvalue weighted by atomic mass is 9.99. The van der Waals surface area contributed by atoms with Crippen LogP contribution in [-0.2, 0) is 6.42 Å². The van der Waals surface area contributed by atoms with Gasteiger partial charge in [-0.25, -0.2) is 13.2 Å². The van der Waals surface area contributed by atoms with Gasteiger partial charge < -0.3 is 10.5 Å². The van der Waals surface area contributed by atoms with Gasteiger partial charge in [0.05, 0.1) is 7.11 Å². The van der Waals surface area contributed by atoms with Gasteiger partial charge in [-0.2, -0.15) is 0 Å².